The summed E-state index contributed by atoms with van der Waals surface area (Å²) in [7, 11) is 0. The van der Waals surface area contributed by atoms with Crippen molar-refractivity contribution in [2.75, 3.05) is 0 Å². The molecule has 1 aromatic rings. The highest BCUT2D eigenvalue weighted by molar-refractivity contribution is 7.07. The first-order valence-corrected chi connectivity index (χ1v) is 3.31. The smallest absolute Gasteiger partial charge is 0.0940 e. The van der Waals surface area contributed by atoms with Crippen molar-refractivity contribution in [1.82, 2.24) is 4.98 Å². The molecule has 2 nitrogen and oxygen atoms in total. The van der Waals surface area contributed by atoms with Crippen molar-refractivity contribution in [3.8, 4) is 0 Å². The number of nitrogens with zero attached hydrogens (tertiary/aromatic N) is 1. The minimum absolute atomic E-state index is 0. The number of hydrogen-bond donors (Lipinski definition) is 1. The van der Waals surface area contributed by atoms with Gasteiger partial charge in [0.1, 0.15) is 0 Å². The zero-order valence-corrected chi connectivity index (χ0v) is 6.58. The number of hydrogen-bond acceptors (Lipinski definition) is 3. The van der Waals surface area contributed by atoms with Crippen molar-refractivity contribution < 1.29 is 5.11 Å². The Labute approximate surface area is 64.0 Å². The average Bonchev–Trinajstić information content (AvgIpc) is 2.12. The number of aliphatic hydroxyl groups is 1. The van der Waals surface area contributed by atoms with Gasteiger partial charge in [0.2, 0.25) is 0 Å². The molecule has 0 saturated carbocycles. The Balaban J connectivity index is 0.000000640. The molecule has 0 fully saturated rings. The number of rotatable bonds is 1. The standard InChI is InChI=1S/C5H7NOS.ClH/c1-4(7)5-2-8-3-6-5;/h2-4,7H,1H3;1H/t4-;/m0./s1. The van der Waals surface area contributed by atoms with Crippen LogP contribution in [0.3, 0.4) is 0 Å². The zero-order chi connectivity index (χ0) is 5.98. The quantitative estimate of drug-likeness (QED) is 0.686. The van der Waals surface area contributed by atoms with E-state index in [1.165, 1.54) is 11.3 Å². The first-order valence-electron chi connectivity index (χ1n) is 2.37. The lowest BCUT2D eigenvalue weighted by Crippen LogP contribution is -1.88. The second-order valence-corrected chi connectivity index (χ2v) is 2.31. The van der Waals surface area contributed by atoms with Crippen LogP contribution in [0.25, 0.3) is 0 Å². The summed E-state index contributed by atoms with van der Waals surface area (Å²) in [5.41, 5.74) is 2.47. The Kier molecular flexibility index (Phi) is 3.77. The molecule has 0 aliphatic carbocycles. The Morgan fingerprint density at radius 3 is 2.67 bits per heavy atom. The van der Waals surface area contributed by atoms with Gasteiger partial charge in [-0.1, -0.05) is 0 Å². The molecule has 0 aromatic carbocycles. The minimum atomic E-state index is -0.416. The number of aliphatic hydroxyl groups excluding tert-OH is 1. The molecule has 0 radical (unpaired) electrons. The molecule has 52 valence electrons. The van der Waals surface area contributed by atoms with Gasteiger partial charge in [-0.25, -0.2) is 4.98 Å². The van der Waals surface area contributed by atoms with Crippen molar-refractivity contribution in [2.45, 2.75) is 13.0 Å². The molecule has 0 saturated heterocycles. The molecule has 4 heteroatoms. The van der Waals surface area contributed by atoms with E-state index in [1.54, 1.807) is 12.4 Å². The van der Waals surface area contributed by atoms with E-state index >= 15 is 0 Å². The third-order valence-electron chi connectivity index (χ3n) is 0.879. The first-order chi connectivity index (χ1) is 3.80. The molecule has 1 rings (SSSR count). The fourth-order valence-electron chi connectivity index (χ4n) is 0.428. The molecule has 1 heterocycles. The Bertz CT molecular complexity index is 152. The normalized spacial score (nSPS) is 12.2. The predicted molar refractivity (Wildman–Crippen MR) is 40.0 cm³/mol. The van der Waals surface area contributed by atoms with Gasteiger partial charge in [-0.15, -0.1) is 23.7 Å². The maximum atomic E-state index is 8.86. The Hall–Kier alpha value is -0.120. The second-order valence-electron chi connectivity index (χ2n) is 1.59. The van der Waals surface area contributed by atoms with Gasteiger partial charge in [0.15, 0.2) is 0 Å². The van der Waals surface area contributed by atoms with Crippen LogP contribution in [0.2, 0.25) is 0 Å². The molecular formula is C5H8ClNOS. The maximum absolute atomic E-state index is 8.86. The number of halogens is 1. The van der Waals surface area contributed by atoms with Crippen LogP contribution in [-0.4, -0.2) is 10.1 Å². The third kappa shape index (κ3) is 2.30. The zero-order valence-electron chi connectivity index (χ0n) is 4.94. The molecule has 1 N–H and O–H groups in total. The van der Waals surface area contributed by atoms with Crippen LogP contribution in [0.1, 0.15) is 18.7 Å². The first kappa shape index (κ1) is 8.88. The van der Waals surface area contributed by atoms with Gasteiger partial charge in [-0.05, 0) is 6.92 Å². The van der Waals surface area contributed by atoms with Crippen molar-refractivity contribution >= 4 is 23.7 Å². The maximum Gasteiger partial charge on any atom is 0.0940 e. The minimum Gasteiger partial charge on any atom is -0.387 e. The SMILES string of the molecule is C[C@H](O)c1cscn1.Cl. The van der Waals surface area contributed by atoms with E-state index in [2.05, 4.69) is 4.98 Å². The van der Waals surface area contributed by atoms with Crippen LogP contribution < -0.4 is 0 Å². The van der Waals surface area contributed by atoms with E-state index < -0.39 is 6.10 Å². The van der Waals surface area contributed by atoms with Crippen molar-refractivity contribution in [2.24, 2.45) is 0 Å². The van der Waals surface area contributed by atoms with Gasteiger partial charge < -0.3 is 5.11 Å². The molecule has 9 heavy (non-hydrogen) atoms. The topological polar surface area (TPSA) is 33.1 Å². The highest BCUT2D eigenvalue weighted by atomic mass is 35.5. The molecule has 0 aliphatic rings. The summed E-state index contributed by atoms with van der Waals surface area (Å²) < 4.78 is 0. The highest BCUT2D eigenvalue weighted by Crippen LogP contribution is 2.09. The number of thiazole rings is 1. The summed E-state index contributed by atoms with van der Waals surface area (Å²) in [6.45, 7) is 1.70. The fourth-order valence-corrected chi connectivity index (χ4v) is 1.07. The third-order valence-corrected chi connectivity index (χ3v) is 1.48. The van der Waals surface area contributed by atoms with Crippen LogP contribution in [0.5, 0.6) is 0 Å². The van der Waals surface area contributed by atoms with E-state index in [-0.39, 0.29) is 12.4 Å². The molecule has 1 aromatic heterocycles. The molecular weight excluding hydrogens is 158 g/mol. The van der Waals surface area contributed by atoms with Crippen LogP contribution in [-0.2, 0) is 0 Å². The summed E-state index contributed by atoms with van der Waals surface area (Å²) in [6.07, 6.45) is -0.416. The lowest BCUT2D eigenvalue weighted by Gasteiger charge is -1.94. The predicted octanol–water partition coefficient (Wildman–Crippen LogP) is 1.62. The van der Waals surface area contributed by atoms with E-state index in [0.717, 1.165) is 5.69 Å². The van der Waals surface area contributed by atoms with Crippen molar-refractivity contribution in [3.63, 3.8) is 0 Å². The lowest BCUT2D eigenvalue weighted by molar-refractivity contribution is 0.195. The lowest BCUT2D eigenvalue weighted by atomic mass is 10.3. The molecule has 0 unspecified atom stereocenters. The molecule has 0 amide bonds. The van der Waals surface area contributed by atoms with E-state index in [0.29, 0.717) is 0 Å². The van der Waals surface area contributed by atoms with E-state index in [4.69, 9.17) is 5.11 Å². The molecule has 0 spiro atoms. The van der Waals surface area contributed by atoms with Crippen LogP contribution >= 0.6 is 23.7 Å². The Morgan fingerprint density at radius 2 is 2.44 bits per heavy atom. The van der Waals surface area contributed by atoms with E-state index in [9.17, 15) is 0 Å². The largest absolute Gasteiger partial charge is 0.387 e. The molecule has 0 bridgehead atoms. The summed E-state index contributed by atoms with van der Waals surface area (Å²) in [5, 5.41) is 10.7. The molecule has 0 aliphatic heterocycles. The summed E-state index contributed by atoms with van der Waals surface area (Å²) in [5.74, 6) is 0. The van der Waals surface area contributed by atoms with Gasteiger partial charge in [0.25, 0.3) is 0 Å². The van der Waals surface area contributed by atoms with Gasteiger partial charge in [-0.3, -0.25) is 0 Å². The summed E-state index contributed by atoms with van der Waals surface area (Å²) in [4.78, 5) is 3.88. The monoisotopic (exact) mass is 165 g/mol. The van der Waals surface area contributed by atoms with Crippen LogP contribution in [0, 0.1) is 0 Å². The second kappa shape index (κ2) is 3.82. The van der Waals surface area contributed by atoms with Crippen molar-refractivity contribution in [1.29, 1.82) is 0 Å². The average molecular weight is 166 g/mol. The van der Waals surface area contributed by atoms with Gasteiger partial charge in [0.05, 0.1) is 17.3 Å². The van der Waals surface area contributed by atoms with Crippen LogP contribution in [0.4, 0.5) is 0 Å². The van der Waals surface area contributed by atoms with Gasteiger partial charge in [0, 0.05) is 5.38 Å². The fraction of sp³-hybridized carbons (Fsp3) is 0.400. The number of aromatic nitrogens is 1. The summed E-state index contributed by atoms with van der Waals surface area (Å²) >= 11 is 1.50. The summed E-state index contributed by atoms with van der Waals surface area (Å²) in [6, 6.07) is 0. The Morgan fingerprint density at radius 1 is 1.78 bits per heavy atom. The van der Waals surface area contributed by atoms with E-state index in [1.807, 2.05) is 5.38 Å². The van der Waals surface area contributed by atoms with Crippen molar-refractivity contribution in [3.05, 3.63) is 16.6 Å². The molecule has 1 atom stereocenters. The highest BCUT2D eigenvalue weighted by Gasteiger charge is 1.99. The van der Waals surface area contributed by atoms with Gasteiger partial charge >= 0.3 is 0 Å². The van der Waals surface area contributed by atoms with Crippen LogP contribution in [0.15, 0.2) is 10.9 Å². The van der Waals surface area contributed by atoms with Gasteiger partial charge in [-0.2, -0.15) is 0 Å².